The van der Waals surface area contributed by atoms with E-state index in [0.29, 0.717) is 5.56 Å². The minimum Gasteiger partial charge on any atom is -0.508 e. The lowest BCUT2D eigenvalue weighted by Gasteiger charge is -2.23. The molecular weight excluding hydrogens is 204 g/mol. The molecule has 1 aliphatic heterocycles. The Morgan fingerprint density at radius 1 is 1.38 bits per heavy atom. The van der Waals surface area contributed by atoms with Gasteiger partial charge >= 0.3 is 0 Å². The number of aromatic hydroxyl groups is 1. The third-order valence-electron chi connectivity index (χ3n) is 2.78. The first-order valence-corrected chi connectivity index (χ1v) is 5.56. The molecule has 1 saturated heterocycles. The molecule has 1 fully saturated rings. The van der Waals surface area contributed by atoms with E-state index in [0.717, 1.165) is 25.9 Å². The largest absolute Gasteiger partial charge is 0.508 e. The molecule has 0 aliphatic carbocycles. The van der Waals surface area contributed by atoms with Crippen LogP contribution < -0.4 is 10.6 Å². The van der Waals surface area contributed by atoms with Crippen LogP contribution in [-0.2, 0) is 0 Å². The van der Waals surface area contributed by atoms with Crippen LogP contribution in [0.15, 0.2) is 24.3 Å². The molecular formula is C12H16N2O2. The molecule has 0 atom stereocenters. The van der Waals surface area contributed by atoms with Crippen LogP contribution in [0, 0.1) is 0 Å². The van der Waals surface area contributed by atoms with Gasteiger partial charge in [-0.25, -0.2) is 0 Å². The molecule has 1 heterocycles. The highest BCUT2D eigenvalue weighted by Gasteiger charge is 2.16. The van der Waals surface area contributed by atoms with Crippen molar-refractivity contribution in [3.8, 4) is 5.75 Å². The lowest BCUT2D eigenvalue weighted by Crippen LogP contribution is -2.42. The number of amides is 1. The summed E-state index contributed by atoms with van der Waals surface area (Å²) >= 11 is 0. The molecule has 4 nitrogen and oxygen atoms in total. The van der Waals surface area contributed by atoms with Crippen LogP contribution >= 0.6 is 0 Å². The van der Waals surface area contributed by atoms with Crippen LogP contribution in [0.5, 0.6) is 5.75 Å². The fourth-order valence-electron chi connectivity index (χ4n) is 1.88. The van der Waals surface area contributed by atoms with E-state index < -0.39 is 0 Å². The molecule has 0 radical (unpaired) electrons. The summed E-state index contributed by atoms with van der Waals surface area (Å²) in [6.07, 6.45) is 1.93. The summed E-state index contributed by atoms with van der Waals surface area (Å²) in [4.78, 5) is 11.8. The van der Waals surface area contributed by atoms with Crippen molar-refractivity contribution in [2.75, 3.05) is 13.1 Å². The molecule has 3 N–H and O–H groups in total. The lowest BCUT2D eigenvalue weighted by molar-refractivity contribution is 0.0929. The molecule has 4 heteroatoms. The number of carbonyl (C=O) groups is 1. The summed E-state index contributed by atoms with van der Waals surface area (Å²) in [7, 11) is 0. The predicted octanol–water partition coefficient (Wildman–Crippen LogP) is 0.874. The minimum atomic E-state index is -0.109. The fourth-order valence-corrected chi connectivity index (χ4v) is 1.88. The van der Waals surface area contributed by atoms with Crippen molar-refractivity contribution in [1.29, 1.82) is 0 Å². The summed E-state index contributed by atoms with van der Waals surface area (Å²) in [5.74, 6) is 0.0146. The number of benzene rings is 1. The number of phenolic OH excluding ortho intramolecular Hbond substituents is 1. The van der Waals surface area contributed by atoms with Crippen molar-refractivity contribution < 1.29 is 9.90 Å². The first-order chi connectivity index (χ1) is 7.75. The monoisotopic (exact) mass is 220 g/mol. The Balaban J connectivity index is 1.97. The van der Waals surface area contributed by atoms with E-state index in [9.17, 15) is 9.90 Å². The second-order valence-corrected chi connectivity index (χ2v) is 4.05. The normalized spacial score (nSPS) is 17.0. The van der Waals surface area contributed by atoms with Crippen LogP contribution in [0.25, 0.3) is 0 Å². The molecule has 1 aromatic carbocycles. The van der Waals surface area contributed by atoms with Gasteiger partial charge in [0, 0.05) is 11.6 Å². The molecule has 0 saturated carbocycles. The SMILES string of the molecule is O=C(NC1CCNCC1)c1cccc(O)c1. The van der Waals surface area contributed by atoms with Gasteiger partial charge in [0.15, 0.2) is 0 Å². The zero-order valence-corrected chi connectivity index (χ0v) is 9.07. The van der Waals surface area contributed by atoms with Gasteiger partial charge in [0.2, 0.25) is 0 Å². The molecule has 2 rings (SSSR count). The van der Waals surface area contributed by atoms with E-state index in [-0.39, 0.29) is 17.7 Å². The first-order valence-electron chi connectivity index (χ1n) is 5.56. The van der Waals surface area contributed by atoms with E-state index in [4.69, 9.17) is 0 Å². The fraction of sp³-hybridized carbons (Fsp3) is 0.417. The van der Waals surface area contributed by atoms with Gasteiger partial charge in [0.25, 0.3) is 5.91 Å². The summed E-state index contributed by atoms with van der Waals surface area (Å²) in [5.41, 5.74) is 0.513. The van der Waals surface area contributed by atoms with Gasteiger partial charge in [-0.15, -0.1) is 0 Å². The summed E-state index contributed by atoms with van der Waals surface area (Å²) in [6, 6.07) is 6.66. The van der Waals surface area contributed by atoms with Crippen molar-refractivity contribution in [2.24, 2.45) is 0 Å². The van der Waals surface area contributed by atoms with Gasteiger partial charge in [-0.1, -0.05) is 6.07 Å². The van der Waals surface area contributed by atoms with Crippen molar-refractivity contribution >= 4 is 5.91 Å². The second-order valence-electron chi connectivity index (χ2n) is 4.05. The summed E-state index contributed by atoms with van der Waals surface area (Å²) in [5, 5.41) is 15.5. The number of rotatable bonds is 2. The van der Waals surface area contributed by atoms with Gasteiger partial charge < -0.3 is 15.7 Å². The highest BCUT2D eigenvalue weighted by atomic mass is 16.3. The van der Waals surface area contributed by atoms with E-state index in [1.54, 1.807) is 18.2 Å². The quantitative estimate of drug-likeness (QED) is 0.693. The average Bonchev–Trinajstić information content (AvgIpc) is 2.30. The topological polar surface area (TPSA) is 61.4 Å². The van der Waals surface area contributed by atoms with Gasteiger partial charge in [-0.3, -0.25) is 4.79 Å². The van der Waals surface area contributed by atoms with Crippen molar-refractivity contribution in [3.05, 3.63) is 29.8 Å². The molecule has 0 aromatic heterocycles. The van der Waals surface area contributed by atoms with E-state index >= 15 is 0 Å². The molecule has 1 aromatic rings. The predicted molar refractivity (Wildman–Crippen MR) is 61.5 cm³/mol. The maximum absolute atomic E-state index is 11.8. The van der Waals surface area contributed by atoms with Crippen LogP contribution in [0.3, 0.4) is 0 Å². The first kappa shape index (κ1) is 11.0. The van der Waals surface area contributed by atoms with Crippen LogP contribution in [0.2, 0.25) is 0 Å². The third kappa shape index (κ3) is 2.73. The average molecular weight is 220 g/mol. The van der Waals surface area contributed by atoms with Gasteiger partial charge in [-0.2, -0.15) is 0 Å². The number of nitrogens with one attached hydrogen (secondary N) is 2. The van der Waals surface area contributed by atoms with Crippen molar-refractivity contribution in [1.82, 2.24) is 10.6 Å². The standard InChI is InChI=1S/C12H16N2O2/c15-11-3-1-2-9(8-11)12(16)14-10-4-6-13-7-5-10/h1-3,8,10,13,15H,4-7H2,(H,14,16). The van der Waals surface area contributed by atoms with Crippen molar-refractivity contribution in [2.45, 2.75) is 18.9 Å². The maximum atomic E-state index is 11.8. The Kier molecular flexibility index (Phi) is 3.41. The smallest absolute Gasteiger partial charge is 0.251 e. The van der Waals surface area contributed by atoms with Gasteiger partial charge in [-0.05, 0) is 44.1 Å². The van der Waals surface area contributed by atoms with Gasteiger partial charge in [0.1, 0.15) is 5.75 Å². The summed E-state index contributed by atoms with van der Waals surface area (Å²) in [6.45, 7) is 1.90. The Labute approximate surface area is 94.7 Å². The van der Waals surface area contributed by atoms with Crippen LogP contribution in [-0.4, -0.2) is 30.1 Å². The van der Waals surface area contributed by atoms with Gasteiger partial charge in [0.05, 0.1) is 0 Å². The summed E-state index contributed by atoms with van der Waals surface area (Å²) < 4.78 is 0. The van der Waals surface area contributed by atoms with E-state index in [1.165, 1.54) is 6.07 Å². The third-order valence-corrected chi connectivity index (χ3v) is 2.78. The minimum absolute atomic E-state index is 0.109. The molecule has 0 spiro atoms. The van der Waals surface area contributed by atoms with Crippen LogP contribution in [0.4, 0.5) is 0 Å². The Bertz CT molecular complexity index is 373. The highest BCUT2D eigenvalue weighted by molar-refractivity contribution is 5.94. The molecule has 16 heavy (non-hydrogen) atoms. The second kappa shape index (κ2) is 4.99. The number of piperidine rings is 1. The Morgan fingerprint density at radius 3 is 2.81 bits per heavy atom. The van der Waals surface area contributed by atoms with Crippen LogP contribution in [0.1, 0.15) is 23.2 Å². The molecule has 1 aliphatic rings. The van der Waals surface area contributed by atoms with E-state index in [1.807, 2.05) is 0 Å². The molecule has 0 bridgehead atoms. The number of carbonyl (C=O) groups excluding carboxylic acids is 1. The zero-order chi connectivity index (χ0) is 11.4. The van der Waals surface area contributed by atoms with E-state index in [2.05, 4.69) is 10.6 Å². The molecule has 0 unspecified atom stereocenters. The number of hydrogen-bond donors (Lipinski definition) is 3. The maximum Gasteiger partial charge on any atom is 0.251 e. The Hall–Kier alpha value is -1.55. The molecule has 86 valence electrons. The highest BCUT2D eigenvalue weighted by Crippen LogP contribution is 2.11. The zero-order valence-electron chi connectivity index (χ0n) is 9.07. The Morgan fingerprint density at radius 2 is 2.12 bits per heavy atom. The van der Waals surface area contributed by atoms with Crippen molar-refractivity contribution in [3.63, 3.8) is 0 Å². The molecule has 1 amide bonds. The lowest BCUT2D eigenvalue weighted by atomic mass is 10.1. The number of hydrogen-bond acceptors (Lipinski definition) is 3. The number of phenols is 1.